The molecule has 0 saturated heterocycles. The molecule has 1 aromatic carbocycles. The van der Waals surface area contributed by atoms with Gasteiger partial charge in [-0.25, -0.2) is 4.79 Å². The second-order valence-electron chi connectivity index (χ2n) is 3.24. The van der Waals surface area contributed by atoms with Crippen molar-refractivity contribution in [1.29, 1.82) is 0 Å². The zero-order valence-corrected chi connectivity index (χ0v) is 8.37. The number of carbonyl (C=O) groups is 1. The van der Waals surface area contributed by atoms with Crippen LogP contribution in [0.1, 0.15) is 6.92 Å². The highest BCUT2D eigenvalue weighted by Gasteiger charge is 2.04. The molecule has 6 heteroatoms. The van der Waals surface area contributed by atoms with Crippen LogP contribution in [0.2, 0.25) is 0 Å². The van der Waals surface area contributed by atoms with Crippen LogP contribution in [0.4, 0.5) is 5.69 Å². The Bertz CT molecular complexity index is 668. The number of nitrogens with one attached hydrogen (secondary N) is 2. The predicted octanol–water partition coefficient (Wildman–Crippen LogP) is 0.440. The molecular formula is C10H8N2O4. The van der Waals surface area contributed by atoms with E-state index in [-0.39, 0.29) is 16.9 Å². The SMILES string of the molecule is CC(=O)Nc1ccc2oc(=O)[nH]c(=O)c2c1. The number of hydrogen-bond acceptors (Lipinski definition) is 4. The lowest BCUT2D eigenvalue weighted by Crippen LogP contribution is -2.18. The molecule has 16 heavy (non-hydrogen) atoms. The second kappa shape index (κ2) is 3.65. The minimum Gasteiger partial charge on any atom is -0.409 e. The largest absolute Gasteiger partial charge is 0.419 e. The summed E-state index contributed by atoms with van der Waals surface area (Å²) >= 11 is 0. The Hall–Kier alpha value is -2.37. The number of hydrogen-bond donors (Lipinski definition) is 2. The fourth-order valence-corrected chi connectivity index (χ4v) is 1.36. The lowest BCUT2D eigenvalue weighted by atomic mass is 10.2. The van der Waals surface area contributed by atoms with E-state index in [1.54, 1.807) is 6.07 Å². The van der Waals surface area contributed by atoms with Gasteiger partial charge in [0.2, 0.25) is 5.91 Å². The quantitative estimate of drug-likeness (QED) is 0.729. The van der Waals surface area contributed by atoms with Crippen LogP contribution >= 0.6 is 0 Å². The number of aromatic amines is 1. The van der Waals surface area contributed by atoms with Crippen LogP contribution in [-0.4, -0.2) is 10.9 Å². The summed E-state index contributed by atoms with van der Waals surface area (Å²) in [5.74, 6) is -1.04. The molecule has 0 bridgehead atoms. The summed E-state index contributed by atoms with van der Waals surface area (Å²) in [5.41, 5.74) is 0.112. The second-order valence-corrected chi connectivity index (χ2v) is 3.24. The van der Waals surface area contributed by atoms with Gasteiger partial charge in [-0.2, -0.15) is 0 Å². The smallest absolute Gasteiger partial charge is 0.409 e. The maximum Gasteiger partial charge on any atom is 0.419 e. The van der Waals surface area contributed by atoms with Gasteiger partial charge in [-0.1, -0.05) is 0 Å². The van der Waals surface area contributed by atoms with Gasteiger partial charge in [0.15, 0.2) is 0 Å². The molecule has 0 unspecified atom stereocenters. The molecule has 2 N–H and O–H groups in total. The predicted molar refractivity (Wildman–Crippen MR) is 57.4 cm³/mol. The molecule has 1 aromatic heterocycles. The summed E-state index contributed by atoms with van der Waals surface area (Å²) in [4.78, 5) is 35.1. The molecule has 82 valence electrons. The zero-order valence-electron chi connectivity index (χ0n) is 8.37. The summed E-state index contributed by atoms with van der Waals surface area (Å²) in [6.07, 6.45) is 0. The van der Waals surface area contributed by atoms with Crippen LogP contribution in [0.15, 0.2) is 32.2 Å². The Morgan fingerprint density at radius 1 is 1.38 bits per heavy atom. The summed E-state index contributed by atoms with van der Waals surface area (Å²) in [5, 5.41) is 2.74. The Kier molecular flexibility index (Phi) is 2.32. The first kappa shape index (κ1) is 10.2. The molecule has 0 saturated carbocycles. The van der Waals surface area contributed by atoms with Crippen LogP contribution in [0, 0.1) is 0 Å². The molecule has 0 aliphatic heterocycles. The molecule has 0 atom stereocenters. The van der Waals surface area contributed by atoms with Crippen LogP contribution in [0.5, 0.6) is 0 Å². The van der Waals surface area contributed by atoms with Crippen molar-refractivity contribution in [2.75, 3.05) is 5.32 Å². The van der Waals surface area contributed by atoms with Gasteiger partial charge in [0.05, 0.1) is 5.39 Å². The fraction of sp³-hybridized carbons (Fsp3) is 0.100. The van der Waals surface area contributed by atoms with Gasteiger partial charge in [0.25, 0.3) is 5.56 Å². The maximum atomic E-state index is 11.4. The number of fused-ring (bicyclic) bond motifs is 1. The van der Waals surface area contributed by atoms with E-state index in [2.05, 4.69) is 5.32 Å². The van der Waals surface area contributed by atoms with E-state index in [1.165, 1.54) is 19.1 Å². The lowest BCUT2D eigenvalue weighted by Gasteiger charge is -2.01. The zero-order chi connectivity index (χ0) is 11.7. The average molecular weight is 220 g/mol. The molecule has 0 radical (unpaired) electrons. The van der Waals surface area contributed by atoms with Gasteiger partial charge in [0.1, 0.15) is 5.58 Å². The topological polar surface area (TPSA) is 92.2 Å². The number of anilines is 1. The lowest BCUT2D eigenvalue weighted by molar-refractivity contribution is -0.114. The monoisotopic (exact) mass is 220 g/mol. The summed E-state index contributed by atoms with van der Waals surface area (Å²) in [7, 11) is 0. The summed E-state index contributed by atoms with van der Waals surface area (Å²) in [6, 6.07) is 4.45. The number of rotatable bonds is 1. The number of carbonyl (C=O) groups excluding carboxylic acids is 1. The molecule has 6 nitrogen and oxygen atoms in total. The highest BCUT2D eigenvalue weighted by atomic mass is 16.4. The van der Waals surface area contributed by atoms with E-state index in [4.69, 9.17) is 4.42 Å². The molecular weight excluding hydrogens is 212 g/mol. The summed E-state index contributed by atoms with van der Waals surface area (Å²) in [6.45, 7) is 1.36. The van der Waals surface area contributed by atoms with Gasteiger partial charge in [-0.15, -0.1) is 0 Å². The molecule has 0 aliphatic rings. The third kappa shape index (κ3) is 1.85. The van der Waals surface area contributed by atoms with Gasteiger partial charge in [-0.05, 0) is 18.2 Å². The standard InChI is InChI=1S/C10H8N2O4/c1-5(13)11-6-2-3-8-7(4-6)9(14)12-10(15)16-8/h2-4H,1H3,(H,11,13)(H,12,14,15). The minimum atomic E-state index is -0.801. The van der Waals surface area contributed by atoms with E-state index in [0.717, 1.165) is 0 Å². The molecule has 2 aromatic rings. The van der Waals surface area contributed by atoms with Crippen LogP contribution in [-0.2, 0) is 4.79 Å². The van der Waals surface area contributed by atoms with Crippen molar-refractivity contribution in [2.45, 2.75) is 6.92 Å². The Morgan fingerprint density at radius 3 is 2.81 bits per heavy atom. The molecule has 0 fully saturated rings. The van der Waals surface area contributed by atoms with Crippen molar-refractivity contribution in [3.63, 3.8) is 0 Å². The van der Waals surface area contributed by atoms with E-state index in [1.807, 2.05) is 4.98 Å². The molecule has 1 amide bonds. The molecule has 0 spiro atoms. The van der Waals surface area contributed by atoms with Crippen molar-refractivity contribution in [3.8, 4) is 0 Å². The van der Waals surface area contributed by atoms with Crippen molar-refractivity contribution >= 4 is 22.6 Å². The van der Waals surface area contributed by atoms with E-state index >= 15 is 0 Å². The minimum absolute atomic E-state index is 0.183. The molecule has 2 rings (SSSR count). The average Bonchev–Trinajstić information content (AvgIpc) is 2.18. The van der Waals surface area contributed by atoms with Crippen molar-refractivity contribution < 1.29 is 9.21 Å². The maximum absolute atomic E-state index is 11.4. The van der Waals surface area contributed by atoms with Crippen molar-refractivity contribution in [3.05, 3.63) is 39.1 Å². The van der Waals surface area contributed by atoms with Gasteiger partial charge < -0.3 is 9.73 Å². The van der Waals surface area contributed by atoms with Crippen LogP contribution in [0.25, 0.3) is 11.0 Å². The number of benzene rings is 1. The van der Waals surface area contributed by atoms with Crippen molar-refractivity contribution in [2.24, 2.45) is 0 Å². The van der Waals surface area contributed by atoms with Gasteiger partial charge in [0, 0.05) is 12.6 Å². The highest BCUT2D eigenvalue weighted by Crippen LogP contribution is 2.14. The van der Waals surface area contributed by atoms with Crippen LogP contribution < -0.4 is 16.6 Å². The number of H-pyrrole nitrogens is 1. The van der Waals surface area contributed by atoms with E-state index in [9.17, 15) is 14.4 Å². The van der Waals surface area contributed by atoms with Crippen LogP contribution in [0.3, 0.4) is 0 Å². The first-order chi connectivity index (χ1) is 7.56. The molecule has 0 aliphatic carbocycles. The van der Waals surface area contributed by atoms with Gasteiger partial charge in [-0.3, -0.25) is 14.6 Å². The van der Waals surface area contributed by atoms with E-state index < -0.39 is 11.3 Å². The van der Waals surface area contributed by atoms with Crippen molar-refractivity contribution in [1.82, 2.24) is 4.98 Å². The van der Waals surface area contributed by atoms with E-state index in [0.29, 0.717) is 5.69 Å². The third-order valence-electron chi connectivity index (χ3n) is 1.96. The molecule has 1 heterocycles. The fourth-order valence-electron chi connectivity index (χ4n) is 1.36. The third-order valence-corrected chi connectivity index (χ3v) is 1.96. The Labute approximate surface area is 88.9 Å². The van der Waals surface area contributed by atoms with Gasteiger partial charge >= 0.3 is 5.76 Å². The highest BCUT2D eigenvalue weighted by molar-refractivity contribution is 5.91. The number of aromatic nitrogens is 1. The normalized spacial score (nSPS) is 10.3. The first-order valence-electron chi connectivity index (χ1n) is 4.51. The summed E-state index contributed by atoms with van der Waals surface area (Å²) < 4.78 is 4.78. The first-order valence-corrected chi connectivity index (χ1v) is 4.51. The number of amides is 1. The Morgan fingerprint density at radius 2 is 2.12 bits per heavy atom. The Balaban J connectivity index is 2.66.